The summed E-state index contributed by atoms with van der Waals surface area (Å²) in [6.07, 6.45) is 0. The third-order valence-electron chi connectivity index (χ3n) is 3.53. The number of benzene rings is 2. The lowest BCUT2D eigenvalue weighted by molar-refractivity contribution is 0.104. The van der Waals surface area contributed by atoms with Crippen LogP contribution in [0.3, 0.4) is 0 Å². The first-order chi connectivity index (χ1) is 10.4. The minimum absolute atomic E-state index is 0.0150. The van der Waals surface area contributed by atoms with Gasteiger partial charge in [0, 0.05) is 16.7 Å². The summed E-state index contributed by atoms with van der Waals surface area (Å²) in [5.74, 6) is 3.18. The van der Waals surface area contributed by atoms with Crippen LogP contribution in [0.1, 0.15) is 27.0 Å². The number of nitrogens with zero attached hydrogens (tertiary/aromatic N) is 1. The molecular weight excluding hydrogens is 286 g/mol. The van der Waals surface area contributed by atoms with Crippen LogP contribution in [0, 0.1) is 22.8 Å². The second kappa shape index (κ2) is 4.98. The number of nitriles is 1. The van der Waals surface area contributed by atoms with Crippen LogP contribution in [-0.2, 0) is 0 Å². The zero-order chi connectivity index (χ0) is 15.9. The molecule has 0 atom stereocenters. The van der Waals surface area contributed by atoms with Crippen molar-refractivity contribution in [3.8, 4) is 28.7 Å². The number of fused-ring (bicyclic) bond motifs is 3. The van der Waals surface area contributed by atoms with Crippen LogP contribution in [0.2, 0.25) is 19.6 Å². The van der Waals surface area contributed by atoms with E-state index in [-0.39, 0.29) is 5.78 Å². The van der Waals surface area contributed by atoms with E-state index < -0.39 is 8.07 Å². The van der Waals surface area contributed by atoms with Crippen molar-refractivity contribution >= 4 is 13.9 Å². The maximum Gasteiger partial charge on any atom is 0.194 e. The summed E-state index contributed by atoms with van der Waals surface area (Å²) in [4.78, 5) is 12.6. The lowest BCUT2D eigenvalue weighted by Crippen LogP contribution is -2.16. The van der Waals surface area contributed by atoms with Crippen LogP contribution in [0.4, 0.5) is 0 Å². The highest BCUT2D eigenvalue weighted by Gasteiger charge is 2.26. The highest BCUT2D eigenvalue weighted by Crippen LogP contribution is 2.37. The third kappa shape index (κ3) is 2.48. The molecule has 0 bridgehead atoms. The van der Waals surface area contributed by atoms with Gasteiger partial charge in [0.15, 0.2) is 5.78 Å². The molecular formula is C19H15NOSi. The van der Waals surface area contributed by atoms with E-state index in [4.69, 9.17) is 5.26 Å². The number of hydrogen-bond donors (Lipinski definition) is 0. The molecule has 0 radical (unpaired) electrons. The fourth-order valence-electron chi connectivity index (χ4n) is 2.49. The highest BCUT2D eigenvalue weighted by atomic mass is 28.3. The smallest absolute Gasteiger partial charge is 0.194 e. The molecule has 0 saturated heterocycles. The van der Waals surface area contributed by atoms with E-state index in [1.54, 1.807) is 12.1 Å². The molecule has 0 amide bonds. The van der Waals surface area contributed by atoms with Gasteiger partial charge < -0.3 is 0 Å². The molecule has 1 aliphatic carbocycles. The van der Waals surface area contributed by atoms with Crippen molar-refractivity contribution in [1.29, 1.82) is 5.26 Å². The van der Waals surface area contributed by atoms with Crippen LogP contribution in [-0.4, -0.2) is 13.9 Å². The van der Waals surface area contributed by atoms with Gasteiger partial charge in [-0.05, 0) is 35.4 Å². The topological polar surface area (TPSA) is 40.9 Å². The Morgan fingerprint density at radius 2 is 1.41 bits per heavy atom. The molecule has 0 aromatic heterocycles. The highest BCUT2D eigenvalue weighted by molar-refractivity contribution is 6.83. The predicted molar refractivity (Wildman–Crippen MR) is 90.2 cm³/mol. The van der Waals surface area contributed by atoms with Gasteiger partial charge in [-0.25, -0.2) is 0 Å². The molecule has 22 heavy (non-hydrogen) atoms. The molecule has 0 aliphatic heterocycles. The summed E-state index contributed by atoms with van der Waals surface area (Å²) in [5.41, 5.74) is 7.85. The maximum atomic E-state index is 12.6. The average Bonchev–Trinajstić information content (AvgIpc) is 2.77. The van der Waals surface area contributed by atoms with Crippen LogP contribution in [0.15, 0.2) is 36.4 Å². The fourth-order valence-corrected chi connectivity index (χ4v) is 3.01. The minimum Gasteiger partial charge on any atom is -0.289 e. The Labute approximate surface area is 131 Å². The molecule has 0 N–H and O–H groups in total. The lowest BCUT2D eigenvalue weighted by atomic mass is 10.0. The van der Waals surface area contributed by atoms with Crippen molar-refractivity contribution in [3.63, 3.8) is 0 Å². The van der Waals surface area contributed by atoms with Gasteiger partial charge >= 0.3 is 0 Å². The van der Waals surface area contributed by atoms with Gasteiger partial charge in [-0.1, -0.05) is 37.7 Å². The Hall–Kier alpha value is -2.62. The molecule has 0 fully saturated rings. The van der Waals surface area contributed by atoms with Crippen LogP contribution in [0.5, 0.6) is 0 Å². The van der Waals surface area contributed by atoms with E-state index >= 15 is 0 Å². The van der Waals surface area contributed by atoms with Gasteiger partial charge in [-0.15, -0.1) is 5.54 Å². The van der Waals surface area contributed by atoms with Crippen molar-refractivity contribution < 1.29 is 4.79 Å². The molecule has 2 aromatic carbocycles. The Kier molecular flexibility index (Phi) is 3.24. The summed E-state index contributed by atoms with van der Waals surface area (Å²) in [6, 6.07) is 13.2. The monoisotopic (exact) mass is 301 g/mol. The van der Waals surface area contributed by atoms with E-state index in [1.807, 2.05) is 24.3 Å². The minimum atomic E-state index is -1.44. The molecule has 106 valence electrons. The molecule has 3 rings (SSSR count). The molecule has 0 saturated carbocycles. The van der Waals surface area contributed by atoms with Crippen molar-refractivity contribution in [2.24, 2.45) is 0 Å². The quantitative estimate of drug-likeness (QED) is 0.465. The number of hydrogen-bond acceptors (Lipinski definition) is 2. The summed E-state index contributed by atoms with van der Waals surface area (Å²) < 4.78 is 0. The van der Waals surface area contributed by atoms with E-state index in [1.165, 1.54) is 0 Å². The van der Waals surface area contributed by atoms with E-state index in [9.17, 15) is 4.79 Å². The van der Waals surface area contributed by atoms with Gasteiger partial charge in [0.2, 0.25) is 0 Å². The van der Waals surface area contributed by atoms with Gasteiger partial charge in [0.25, 0.3) is 0 Å². The van der Waals surface area contributed by atoms with Crippen molar-refractivity contribution in [1.82, 2.24) is 0 Å². The second-order valence-electron chi connectivity index (χ2n) is 6.46. The van der Waals surface area contributed by atoms with E-state index in [0.29, 0.717) is 16.7 Å². The van der Waals surface area contributed by atoms with Crippen LogP contribution >= 0.6 is 0 Å². The van der Waals surface area contributed by atoms with E-state index in [0.717, 1.165) is 16.7 Å². The van der Waals surface area contributed by atoms with Crippen molar-refractivity contribution in [2.45, 2.75) is 19.6 Å². The lowest BCUT2D eigenvalue weighted by Gasteiger charge is -2.04. The first-order valence-electron chi connectivity index (χ1n) is 7.15. The van der Waals surface area contributed by atoms with Crippen molar-refractivity contribution in [2.75, 3.05) is 0 Å². The number of carbonyl (C=O) groups is 1. The summed E-state index contributed by atoms with van der Waals surface area (Å²) >= 11 is 0. The SMILES string of the molecule is C[Si](C)(C)C#Cc1ccc2c(c1)C(=O)c1cc(C#N)ccc1-2. The number of ketones is 1. The average molecular weight is 301 g/mol. The largest absolute Gasteiger partial charge is 0.289 e. The zero-order valence-corrected chi connectivity index (χ0v) is 13.8. The fraction of sp³-hybridized carbons (Fsp3) is 0.158. The Balaban J connectivity index is 2.09. The predicted octanol–water partition coefficient (Wildman–Crippen LogP) is 4.00. The van der Waals surface area contributed by atoms with Gasteiger partial charge in [-0.2, -0.15) is 5.26 Å². The number of carbonyl (C=O) groups excluding carboxylic acids is 1. The standard InChI is InChI=1S/C19H15NOSi/c1-22(2,3)9-8-13-4-6-15-16-7-5-14(12-20)11-18(16)19(21)17(15)10-13/h4-7,10-11H,1-3H3. The van der Waals surface area contributed by atoms with Gasteiger partial charge in [0.05, 0.1) is 11.6 Å². The second-order valence-corrected chi connectivity index (χ2v) is 11.2. The molecule has 2 aromatic rings. The molecule has 2 nitrogen and oxygen atoms in total. The third-order valence-corrected chi connectivity index (χ3v) is 4.40. The maximum absolute atomic E-state index is 12.6. The van der Waals surface area contributed by atoms with Gasteiger partial charge in [0.1, 0.15) is 8.07 Å². The van der Waals surface area contributed by atoms with Crippen LogP contribution in [0.25, 0.3) is 11.1 Å². The molecule has 0 heterocycles. The molecule has 3 heteroatoms. The Bertz CT molecular complexity index is 902. The Morgan fingerprint density at radius 3 is 1.95 bits per heavy atom. The normalized spacial score (nSPS) is 12.0. The Morgan fingerprint density at radius 1 is 0.864 bits per heavy atom. The molecule has 1 aliphatic rings. The summed E-state index contributed by atoms with van der Waals surface area (Å²) in [5, 5.41) is 8.99. The summed E-state index contributed by atoms with van der Waals surface area (Å²) in [6.45, 7) is 6.58. The van der Waals surface area contributed by atoms with Gasteiger partial charge in [-0.3, -0.25) is 4.79 Å². The first-order valence-corrected chi connectivity index (χ1v) is 10.7. The molecule has 0 unspecified atom stereocenters. The summed E-state index contributed by atoms with van der Waals surface area (Å²) in [7, 11) is -1.44. The van der Waals surface area contributed by atoms with Crippen molar-refractivity contribution in [3.05, 3.63) is 58.7 Å². The zero-order valence-electron chi connectivity index (χ0n) is 12.8. The first kappa shape index (κ1) is 14.3. The van der Waals surface area contributed by atoms with E-state index in [2.05, 4.69) is 37.2 Å². The van der Waals surface area contributed by atoms with Crippen LogP contribution < -0.4 is 0 Å². The molecule has 0 spiro atoms. The number of rotatable bonds is 0.